The molecule has 1 aromatic carbocycles. The maximum absolute atomic E-state index is 13.7. The van der Waals surface area contributed by atoms with Gasteiger partial charge in [-0.15, -0.1) is 0 Å². The number of methoxy groups -OCH3 is 1. The summed E-state index contributed by atoms with van der Waals surface area (Å²) in [5.74, 6) is -2.39. The molecule has 0 aliphatic carbocycles. The lowest BCUT2D eigenvalue weighted by Crippen LogP contribution is -2.40. The molecule has 21 heavy (non-hydrogen) atoms. The fourth-order valence-corrected chi connectivity index (χ4v) is 3.16. The van der Waals surface area contributed by atoms with Gasteiger partial charge in [0.2, 0.25) is 10.0 Å². The molecule has 0 radical (unpaired) electrons. The van der Waals surface area contributed by atoms with Gasteiger partial charge in [-0.25, -0.2) is 22.3 Å². The SMILES string of the molecule is COCC(CO)NS(=O)(=O)c1cc(C(=O)O)cc(F)c1C. The van der Waals surface area contributed by atoms with Crippen LogP contribution in [0.5, 0.6) is 0 Å². The summed E-state index contributed by atoms with van der Waals surface area (Å²) in [6.45, 7) is 0.614. The molecule has 9 heteroatoms. The Morgan fingerprint density at radius 2 is 2.10 bits per heavy atom. The fourth-order valence-electron chi connectivity index (χ4n) is 1.66. The maximum Gasteiger partial charge on any atom is 0.335 e. The summed E-state index contributed by atoms with van der Waals surface area (Å²) in [6.07, 6.45) is 0. The van der Waals surface area contributed by atoms with Crippen LogP contribution in [0, 0.1) is 12.7 Å². The molecule has 0 aliphatic heterocycles. The molecule has 1 aromatic rings. The van der Waals surface area contributed by atoms with Gasteiger partial charge < -0.3 is 14.9 Å². The van der Waals surface area contributed by atoms with Crippen LogP contribution in [-0.4, -0.2) is 51.0 Å². The van der Waals surface area contributed by atoms with Crippen molar-refractivity contribution in [2.75, 3.05) is 20.3 Å². The normalized spacial score (nSPS) is 13.1. The Balaban J connectivity index is 3.27. The van der Waals surface area contributed by atoms with Crippen LogP contribution in [0.15, 0.2) is 17.0 Å². The zero-order chi connectivity index (χ0) is 16.2. The Morgan fingerprint density at radius 1 is 1.48 bits per heavy atom. The van der Waals surface area contributed by atoms with Crippen molar-refractivity contribution in [1.29, 1.82) is 0 Å². The third kappa shape index (κ3) is 4.21. The fraction of sp³-hybridized carbons (Fsp3) is 0.417. The molecule has 0 saturated carbocycles. The standard InChI is InChI=1S/C12H16FNO6S/c1-7-10(13)3-8(12(16)17)4-11(7)21(18,19)14-9(5-15)6-20-2/h3-4,9,14-15H,5-6H2,1-2H3,(H,16,17). The average Bonchev–Trinajstić information content (AvgIpc) is 2.40. The van der Waals surface area contributed by atoms with E-state index in [2.05, 4.69) is 4.72 Å². The van der Waals surface area contributed by atoms with E-state index in [1.54, 1.807) is 0 Å². The summed E-state index contributed by atoms with van der Waals surface area (Å²) in [5, 5.41) is 17.9. The monoisotopic (exact) mass is 321 g/mol. The molecule has 0 aromatic heterocycles. The van der Waals surface area contributed by atoms with Crippen molar-refractivity contribution in [1.82, 2.24) is 4.72 Å². The van der Waals surface area contributed by atoms with Crippen molar-refractivity contribution in [3.63, 3.8) is 0 Å². The minimum absolute atomic E-state index is 0.0874. The number of halogens is 1. The van der Waals surface area contributed by atoms with Crippen molar-refractivity contribution >= 4 is 16.0 Å². The van der Waals surface area contributed by atoms with Gasteiger partial charge in [-0.1, -0.05) is 0 Å². The number of rotatable bonds is 7. The minimum Gasteiger partial charge on any atom is -0.478 e. The molecule has 0 spiro atoms. The number of hydrogen-bond donors (Lipinski definition) is 3. The first-order valence-corrected chi connectivity index (χ1v) is 7.36. The van der Waals surface area contributed by atoms with Gasteiger partial charge in [0, 0.05) is 12.7 Å². The first kappa shape index (κ1) is 17.5. The number of carboxylic acids is 1. The molecule has 0 bridgehead atoms. The van der Waals surface area contributed by atoms with E-state index < -0.39 is 44.9 Å². The molecule has 0 heterocycles. The highest BCUT2D eigenvalue weighted by Crippen LogP contribution is 2.21. The zero-order valence-electron chi connectivity index (χ0n) is 11.5. The number of benzene rings is 1. The Hall–Kier alpha value is -1.55. The van der Waals surface area contributed by atoms with Crippen molar-refractivity contribution in [3.8, 4) is 0 Å². The molecular weight excluding hydrogens is 305 g/mol. The molecule has 0 amide bonds. The lowest BCUT2D eigenvalue weighted by atomic mass is 10.1. The van der Waals surface area contributed by atoms with Crippen LogP contribution in [0.2, 0.25) is 0 Å². The van der Waals surface area contributed by atoms with E-state index in [0.717, 1.165) is 12.1 Å². The number of hydrogen-bond acceptors (Lipinski definition) is 5. The number of nitrogens with one attached hydrogen (secondary N) is 1. The number of aliphatic hydroxyl groups is 1. The third-order valence-corrected chi connectivity index (χ3v) is 4.39. The van der Waals surface area contributed by atoms with E-state index >= 15 is 0 Å². The van der Waals surface area contributed by atoms with E-state index in [-0.39, 0.29) is 12.2 Å². The highest BCUT2D eigenvalue weighted by Gasteiger charge is 2.24. The molecule has 7 nitrogen and oxygen atoms in total. The highest BCUT2D eigenvalue weighted by atomic mass is 32.2. The minimum atomic E-state index is -4.20. The summed E-state index contributed by atoms with van der Waals surface area (Å²) in [4.78, 5) is 10.4. The van der Waals surface area contributed by atoms with Crippen LogP contribution in [0.3, 0.4) is 0 Å². The third-order valence-electron chi connectivity index (χ3n) is 2.74. The Kier molecular flexibility index (Phi) is 5.78. The Bertz CT molecular complexity index is 631. The molecular formula is C12H16FNO6S. The predicted molar refractivity (Wildman–Crippen MR) is 71.2 cm³/mol. The van der Waals surface area contributed by atoms with E-state index in [4.69, 9.17) is 14.9 Å². The maximum atomic E-state index is 13.7. The van der Waals surface area contributed by atoms with E-state index in [9.17, 15) is 17.6 Å². The predicted octanol–water partition coefficient (Wildman–Crippen LogP) is 0.118. The topological polar surface area (TPSA) is 113 Å². The van der Waals surface area contributed by atoms with Crippen LogP contribution in [-0.2, 0) is 14.8 Å². The van der Waals surface area contributed by atoms with Gasteiger partial charge in [0.05, 0.1) is 29.7 Å². The number of carbonyl (C=O) groups is 1. The number of sulfonamides is 1. The van der Waals surface area contributed by atoms with Gasteiger partial charge in [-0.3, -0.25) is 0 Å². The van der Waals surface area contributed by atoms with Crippen LogP contribution >= 0.6 is 0 Å². The van der Waals surface area contributed by atoms with E-state index in [1.807, 2.05) is 0 Å². The summed E-state index contributed by atoms with van der Waals surface area (Å²) < 4.78 is 44.9. The van der Waals surface area contributed by atoms with Gasteiger partial charge in [0.25, 0.3) is 0 Å². The highest BCUT2D eigenvalue weighted by molar-refractivity contribution is 7.89. The van der Waals surface area contributed by atoms with Gasteiger partial charge >= 0.3 is 5.97 Å². The van der Waals surface area contributed by atoms with Crippen molar-refractivity contribution < 1.29 is 32.6 Å². The second-order valence-corrected chi connectivity index (χ2v) is 6.02. The van der Waals surface area contributed by atoms with Gasteiger partial charge in [-0.05, 0) is 19.1 Å². The van der Waals surface area contributed by atoms with E-state index in [0.29, 0.717) is 0 Å². The second kappa shape index (κ2) is 6.94. The lowest BCUT2D eigenvalue weighted by Gasteiger charge is -2.17. The van der Waals surface area contributed by atoms with Gasteiger partial charge in [-0.2, -0.15) is 0 Å². The van der Waals surface area contributed by atoms with Gasteiger partial charge in [0.15, 0.2) is 0 Å². The zero-order valence-corrected chi connectivity index (χ0v) is 12.3. The first-order chi connectivity index (χ1) is 9.72. The molecule has 1 atom stereocenters. The first-order valence-electron chi connectivity index (χ1n) is 5.88. The smallest absolute Gasteiger partial charge is 0.335 e. The van der Waals surface area contributed by atoms with Crippen LogP contribution in [0.1, 0.15) is 15.9 Å². The second-order valence-electron chi connectivity index (χ2n) is 4.34. The molecule has 1 unspecified atom stereocenters. The molecule has 0 aliphatic rings. The quantitative estimate of drug-likeness (QED) is 0.657. The molecule has 0 fully saturated rings. The number of aliphatic hydroxyl groups excluding tert-OH is 1. The van der Waals surface area contributed by atoms with Crippen LogP contribution in [0.25, 0.3) is 0 Å². The molecule has 3 N–H and O–H groups in total. The van der Waals surface area contributed by atoms with Crippen LogP contribution < -0.4 is 4.72 Å². The molecule has 1 rings (SSSR count). The largest absolute Gasteiger partial charge is 0.478 e. The number of aromatic carboxylic acids is 1. The van der Waals surface area contributed by atoms with E-state index in [1.165, 1.54) is 14.0 Å². The van der Waals surface area contributed by atoms with Crippen molar-refractivity contribution in [3.05, 3.63) is 29.1 Å². The van der Waals surface area contributed by atoms with Gasteiger partial charge in [0.1, 0.15) is 5.82 Å². The number of carboxylic acid groups (broad SMARTS) is 1. The van der Waals surface area contributed by atoms with Crippen molar-refractivity contribution in [2.45, 2.75) is 17.9 Å². The summed E-state index contributed by atoms with van der Waals surface area (Å²) in [7, 11) is -2.87. The Morgan fingerprint density at radius 3 is 2.57 bits per heavy atom. The average molecular weight is 321 g/mol. The van der Waals surface area contributed by atoms with Crippen molar-refractivity contribution in [2.24, 2.45) is 0 Å². The summed E-state index contributed by atoms with van der Waals surface area (Å²) in [6, 6.07) is 0.690. The summed E-state index contributed by atoms with van der Waals surface area (Å²) in [5.41, 5.74) is -0.688. The lowest BCUT2D eigenvalue weighted by molar-refractivity contribution is 0.0696. The Labute approximate surface area is 121 Å². The molecule has 118 valence electrons. The van der Waals surface area contributed by atoms with Crippen LogP contribution in [0.4, 0.5) is 4.39 Å². The number of ether oxygens (including phenoxy) is 1. The summed E-state index contributed by atoms with van der Waals surface area (Å²) >= 11 is 0. The molecule has 0 saturated heterocycles.